The number of carboxylic acid groups (broad SMARTS) is 2. The van der Waals surface area contributed by atoms with Crippen LogP contribution >= 0.6 is 0 Å². The summed E-state index contributed by atoms with van der Waals surface area (Å²) in [5.74, 6) is -1.79. The van der Waals surface area contributed by atoms with Crippen LogP contribution in [0, 0.1) is 0 Å². The van der Waals surface area contributed by atoms with Crippen molar-refractivity contribution in [1.82, 2.24) is 5.32 Å². The van der Waals surface area contributed by atoms with Crippen LogP contribution in [0.2, 0.25) is 0 Å². The Bertz CT molecular complexity index is 1010. The van der Waals surface area contributed by atoms with E-state index in [2.05, 4.69) is 5.32 Å². The number of hydrogen-bond acceptors (Lipinski definition) is 5. The molecule has 4 rings (SSSR count). The molecule has 3 aromatic carbocycles. The van der Waals surface area contributed by atoms with Gasteiger partial charge in [-0.25, -0.2) is 4.79 Å². The number of alkyl carbamates (subject to hydrolysis) is 1. The number of nitrogens with one attached hydrogen (secondary N) is 1. The molecule has 1 aliphatic rings. The minimum atomic E-state index is -1.00. The monoisotopic (exact) mass is 450 g/mol. The molecule has 0 radical (unpaired) electrons. The third-order valence-corrected chi connectivity index (χ3v) is 4.50. The summed E-state index contributed by atoms with van der Waals surface area (Å²) in [4.78, 5) is 31.2. The number of carbonyl (C=O) groups is 3. The maximum absolute atomic E-state index is 10.7. The molecule has 0 saturated carbocycles. The molecule has 0 bridgehead atoms. The van der Waals surface area contributed by atoms with E-state index in [-0.39, 0.29) is 18.6 Å². The number of rotatable bonds is 5. The molecule has 1 aliphatic heterocycles. The van der Waals surface area contributed by atoms with E-state index in [4.69, 9.17) is 20.7 Å². The Balaban J connectivity index is 0.000000176. The molecule has 3 aromatic rings. The minimum Gasteiger partial charge on any atom is -0.481 e. The number of hydrogen-bond donors (Lipinski definition) is 4. The van der Waals surface area contributed by atoms with E-state index in [1.807, 2.05) is 54.6 Å². The van der Waals surface area contributed by atoms with E-state index in [0.717, 1.165) is 11.1 Å². The Labute approximate surface area is 191 Å². The van der Waals surface area contributed by atoms with Gasteiger partial charge < -0.3 is 26.0 Å². The maximum Gasteiger partial charge on any atom is 0.407 e. The largest absolute Gasteiger partial charge is 0.481 e. The summed E-state index contributed by atoms with van der Waals surface area (Å²) in [7, 11) is 0. The molecule has 1 heterocycles. The van der Waals surface area contributed by atoms with Gasteiger partial charge in [0.1, 0.15) is 12.6 Å². The molecule has 1 saturated heterocycles. The van der Waals surface area contributed by atoms with Gasteiger partial charge in [0, 0.05) is 0 Å². The summed E-state index contributed by atoms with van der Waals surface area (Å²) in [6.07, 6.45) is -0.218. The molecule has 0 aliphatic carbocycles. The summed E-state index contributed by atoms with van der Waals surface area (Å²) in [5, 5.41) is 19.6. The van der Waals surface area contributed by atoms with Crippen LogP contribution in [0.4, 0.5) is 4.79 Å². The number of cyclic esters (lactones) is 1. The molecule has 0 aromatic heterocycles. The number of carbonyl (C=O) groups excluding carboxylic acids is 1. The lowest BCUT2D eigenvalue weighted by Gasteiger charge is -2.05. The highest BCUT2D eigenvalue weighted by Gasteiger charge is 2.22. The summed E-state index contributed by atoms with van der Waals surface area (Å²) >= 11 is 0. The summed E-state index contributed by atoms with van der Waals surface area (Å²) < 4.78 is 4.77. The molecule has 0 unspecified atom stereocenters. The van der Waals surface area contributed by atoms with Crippen LogP contribution in [0.15, 0.2) is 91.0 Å². The Morgan fingerprint density at radius 3 is 1.88 bits per heavy atom. The average molecular weight is 450 g/mol. The third-order valence-electron chi connectivity index (χ3n) is 4.50. The lowest BCUT2D eigenvalue weighted by molar-refractivity contribution is -0.139. The van der Waals surface area contributed by atoms with Gasteiger partial charge in [-0.2, -0.15) is 0 Å². The molecule has 0 spiro atoms. The highest BCUT2D eigenvalue weighted by Crippen LogP contribution is 2.16. The molecule has 8 heteroatoms. The first-order valence-electron chi connectivity index (χ1n) is 10.1. The van der Waals surface area contributed by atoms with Crippen molar-refractivity contribution in [2.75, 3.05) is 6.61 Å². The van der Waals surface area contributed by atoms with Crippen molar-refractivity contribution in [3.8, 4) is 0 Å². The lowest BCUT2D eigenvalue weighted by atomic mass is 10.1. The van der Waals surface area contributed by atoms with E-state index < -0.39 is 18.0 Å². The number of amides is 1. The molecule has 5 N–H and O–H groups in total. The van der Waals surface area contributed by atoms with Gasteiger partial charge in [0.05, 0.1) is 12.5 Å². The average Bonchev–Trinajstić information content (AvgIpc) is 3.27. The van der Waals surface area contributed by atoms with Crippen LogP contribution in [0.1, 0.15) is 28.8 Å². The minimum absolute atomic E-state index is 0.0266. The fourth-order valence-corrected chi connectivity index (χ4v) is 2.82. The summed E-state index contributed by atoms with van der Waals surface area (Å²) in [5.41, 5.74) is 7.89. The Morgan fingerprint density at radius 2 is 1.42 bits per heavy atom. The van der Waals surface area contributed by atoms with Crippen LogP contribution in [0.5, 0.6) is 0 Å². The second-order valence-corrected chi connectivity index (χ2v) is 6.99. The zero-order valence-electron chi connectivity index (χ0n) is 17.8. The summed E-state index contributed by atoms with van der Waals surface area (Å²) in [6.45, 7) is 0.433. The van der Waals surface area contributed by atoms with E-state index in [9.17, 15) is 14.4 Å². The van der Waals surface area contributed by atoms with Crippen molar-refractivity contribution in [3.63, 3.8) is 0 Å². The zero-order valence-corrected chi connectivity index (χ0v) is 17.8. The van der Waals surface area contributed by atoms with Gasteiger partial charge in [0.15, 0.2) is 0 Å². The number of benzene rings is 3. The van der Waals surface area contributed by atoms with Gasteiger partial charge in [-0.05, 0) is 16.7 Å². The molecular weight excluding hydrogens is 424 g/mol. The quantitative estimate of drug-likeness (QED) is 0.466. The van der Waals surface area contributed by atoms with Crippen molar-refractivity contribution in [1.29, 1.82) is 0 Å². The molecule has 1 fully saturated rings. The fraction of sp³-hybridized carbons (Fsp3) is 0.160. The molecule has 172 valence electrons. The highest BCUT2D eigenvalue weighted by atomic mass is 16.6. The number of aliphatic carboxylic acids is 2. The van der Waals surface area contributed by atoms with E-state index in [1.165, 1.54) is 0 Å². The summed E-state index contributed by atoms with van der Waals surface area (Å²) in [6, 6.07) is 26.8. The third kappa shape index (κ3) is 9.24. The van der Waals surface area contributed by atoms with Crippen molar-refractivity contribution in [2.45, 2.75) is 18.5 Å². The van der Waals surface area contributed by atoms with E-state index >= 15 is 0 Å². The predicted octanol–water partition coefficient (Wildman–Crippen LogP) is 3.55. The van der Waals surface area contributed by atoms with Crippen molar-refractivity contribution in [3.05, 3.63) is 108 Å². The van der Waals surface area contributed by atoms with Crippen molar-refractivity contribution >= 4 is 18.0 Å². The first-order valence-corrected chi connectivity index (χ1v) is 10.1. The first-order chi connectivity index (χ1) is 15.9. The van der Waals surface area contributed by atoms with E-state index in [0.29, 0.717) is 12.2 Å². The second kappa shape index (κ2) is 13.3. The van der Waals surface area contributed by atoms with E-state index in [1.54, 1.807) is 36.4 Å². The van der Waals surface area contributed by atoms with Crippen molar-refractivity contribution < 1.29 is 29.3 Å². The van der Waals surface area contributed by atoms with Crippen LogP contribution in [-0.4, -0.2) is 34.9 Å². The van der Waals surface area contributed by atoms with Gasteiger partial charge in [-0.3, -0.25) is 9.59 Å². The maximum atomic E-state index is 10.7. The first kappa shape index (κ1) is 25.1. The van der Waals surface area contributed by atoms with Crippen LogP contribution in [0.3, 0.4) is 0 Å². The second-order valence-electron chi connectivity index (χ2n) is 6.99. The fourth-order valence-electron chi connectivity index (χ4n) is 2.82. The molecule has 8 nitrogen and oxygen atoms in total. The topological polar surface area (TPSA) is 139 Å². The highest BCUT2D eigenvalue weighted by molar-refractivity contribution is 5.75. The Morgan fingerprint density at radius 1 is 0.909 bits per heavy atom. The molecular formula is C25H26N2O6. The van der Waals surface area contributed by atoms with Crippen molar-refractivity contribution in [2.24, 2.45) is 5.73 Å². The predicted molar refractivity (Wildman–Crippen MR) is 122 cm³/mol. The molecule has 1 amide bonds. The van der Waals surface area contributed by atoms with Gasteiger partial charge in [0.25, 0.3) is 0 Å². The van der Waals surface area contributed by atoms with Crippen LogP contribution in [0.25, 0.3) is 0 Å². The van der Waals surface area contributed by atoms with Gasteiger partial charge in [0.2, 0.25) is 0 Å². The Kier molecular flexibility index (Phi) is 10.1. The SMILES string of the molecule is N[C@H](C(=O)O)c1ccccc1.O=C(O)Cc1ccccc1.O=C1N[C@@H](c2ccccc2)CO1. The normalized spacial score (nSPS) is 14.8. The number of nitrogens with two attached hydrogens (primary N) is 1. The Hall–Kier alpha value is -4.17. The lowest BCUT2D eigenvalue weighted by Crippen LogP contribution is -2.20. The van der Waals surface area contributed by atoms with Gasteiger partial charge in [-0.1, -0.05) is 91.0 Å². The van der Waals surface area contributed by atoms with Gasteiger partial charge >= 0.3 is 18.0 Å². The number of carboxylic acids is 2. The van der Waals surface area contributed by atoms with Gasteiger partial charge in [-0.15, -0.1) is 0 Å². The number of ether oxygens (including phenoxy) is 1. The van der Waals surface area contributed by atoms with Crippen LogP contribution < -0.4 is 11.1 Å². The molecule has 2 atom stereocenters. The zero-order chi connectivity index (χ0) is 24.1. The smallest absolute Gasteiger partial charge is 0.407 e. The molecule has 33 heavy (non-hydrogen) atoms. The van der Waals surface area contributed by atoms with Crippen LogP contribution in [-0.2, 0) is 20.7 Å². The standard InChI is InChI=1S/C9H9NO2.C8H9NO2.C8H8O2/c11-9-10-8(6-12-9)7-4-2-1-3-5-7;9-7(8(10)11)6-4-2-1-3-5-6;9-8(10)6-7-4-2-1-3-5-7/h1-5,8H,6H2,(H,10,11);1-5,7H,9H2,(H,10,11);1-5H,6H2,(H,9,10)/t8-;7-;/m10./s1.